The average molecular weight is 692 g/mol. The van der Waals surface area contributed by atoms with Gasteiger partial charge in [0.05, 0.1) is 13.2 Å². The molecule has 0 spiro atoms. The lowest BCUT2D eigenvalue weighted by Crippen LogP contribution is -2.74. The summed E-state index contributed by atoms with van der Waals surface area (Å²) in [4.78, 5) is 12.8. The zero-order chi connectivity index (χ0) is 34.6. The molecule has 2 aliphatic heterocycles. The van der Waals surface area contributed by atoms with Gasteiger partial charge in [-0.3, -0.25) is 4.79 Å². The van der Waals surface area contributed by atoms with Crippen LogP contribution in [0, 0.1) is 0 Å². The monoisotopic (exact) mass is 691 g/mol. The molecular weight excluding hydrogens is 651 g/mol. The second-order valence-electron chi connectivity index (χ2n) is 13.3. The largest absolute Gasteiger partial charge is 0.471 e. The molecule has 6 atom stereocenters. The quantitative estimate of drug-likeness (QED) is 0.216. The van der Waals surface area contributed by atoms with Crippen molar-refractivity contribution in [3.8, 4) is 0 Å². The molecule has 2 fully saturated rings. The molecule has 0 aliphatic carbocycles. The second-order valence-corrected chi connectivity index (χ2v) is 17.5. The minimum atomic E-state index is -5.17. The Balaban J connectivity index is 1.46. The van der Waals surface area contributed by atoms with E-state index in [1.54, 1.807) is 0 Å². The van der Waals surface area contributed by atoms with E-state index in [4.69, 9.17) is 23.4 Å². The zero-order valence-corrected chi connectivity index (χ0v) is 28.5. The van der Waals surface area contributed by atoms with Crippen molar-refractivity contribution in [3.05, 3.63) is 132 Å². The van der Waals surface area contributed by atoms with Crippen molar-refractivity contribution in [3.63, 3.8) is 0 Å². The second kappa shape index (κ2) is 14.6. The number of alkyl halides is 3. The molecule has 11 heteroatoms. The molecule has 6 rings (SSSR count). The van der Waals surface area contributed by atoms with Crippen molar-refractivity contribution in [1.29, 1.82) is 0 Å². The van der Waals surface area contributed by atoms with Gasteiger partial charge >= 0.3 is 12.1 Å². The van der Waals surface area contributed by atoms with Crippen molar-refractivity contribution in [2.45, 2.75) is 75.5 Å². The molecule has 1 N–H and O–H groups in total. The molecule has 2 aliphatic rings. The summed E-state index contributed by atoms with van der Waals surface area (Å²) in [7, 11) is -3.41. The smallest absolute Gasteiger partial charge is 0.381 e. The van der Waals surface area contributed by atoms with E-state index in [2.05, 4.69) is 26.1 Å². The van der Waals surface area contributed by atoms with Crippen LogP contribution < -0.4 is 15.7 Å². The molecule has 258 valence electrons. The summed E-state index contributed by atoms with van der Waals surface area (Å²) < 4.78 is 74.9. The van der Waals surface area contributed by atoms with Gasteiger partial charge in [0, 0.05) is 5.56 Å². The highest BCUT2D eigenvalue weighted by molar-refractivity contribution is 6.99. The van der Waals surface area contributed by atoms with Gasteiger partial charge in [0.15, 0.2) is 12.6 Å². The first-order chi connectivity index (χ1) is 23.5. The Labute approximate surface area is 285 Å². The fourth-order valence-electron chi connectivity index (χ4n) is 6.67. The Morgan fingerprint density at radius 2 is 1.33 bits per heavy atom. The minimum absolute atomic E-state index is 0.0409. The lowest BCUT2D eigenvalue weighted by atomic mass is 9.95. The maximum absolute atomic E-state index is 14.0. The number of benzene rings is 4. The number of hydrogen-bond donors (Lipinski definition) is 1. The highest BCUT2D eigenvalue weighted by Gasteiger charge is 2.58. The normalized spacial score (nSPS) is 24.5. The maximum Gasteiger partial charge on any atom is 0.471 e. The predicted octanol–water partition coefficient (Wildman–Crippen LogP) is 6.03. The highest BCUT2D eigenvalue weighted by Crippen LogP contribution is 2.42. The van der Waals surface area contributed by atoms with Crippen LogP contribution in [0.1, 0.15) is 38.2 Å². The number of carbonyl (C=O) groups excluding carboxylic acids is 1. The van der Waals surface area contributed by atoms with Crippen LogP contribution in [0.4, 0.5) is 13.2 Å². The van der Waals surface area contributed by atoms with Gasteiger partial charge in [-0.1, -0.05) is 142 Å². The zero-order valence-electron chi connectivity index (χ0n) is 27.5. The van der Waals surface area contributed by atoms with E-state index in [0.717, 1.165) is 21.5 Å². The van der Waals surface area contributed by atoms with E-state index < -0.39 is 62.4 Å². The van der Waals surface area contributed by atoms with Gasteiger partial charge in [-0.05, 0) is 21.0 Å². The van der Waals surface area contributed by atoms with Crippen LogP contribution >= 0.6 is 0 Å². The summed E-state index contributed by atoms with van der Waals surface area (Å²) in [6.45, 7) is 6.24. The first-order valence-corrected chi connectivity index (χ1v) is 18.2. The molecule has 49 heavy (non-hydrogen) atoms. The van der Waals surface area contributed by atoms with Crippen LogP contribution in [0.15, 0.2) is 121 Å². The van der Waals surface area contributed by atoms with E-state index >= 15 is 0 Å². The number of halogens is 3. The molecule has 2 saturated heterocycles. The van der Waals surface area contributed by atoms with Crippen molar-refractivity contribution < 1.29 is 41.3 Å². The molecule has 1 amide bonds. The summed E-state index contributed by atoms with van der Waals surface area (Å²) >= 11 is 0. The number of amides is 1. The molecule has 4 aromatic carbocycles. The topological polar surface area (TPSA) is 75.2 Å². The fourth-order valence-corrected chi connectivity index (χ4v) is 11.2. The summed E-state index contributed by atoms with van der Waals surface area (Å²) in [5.74, 6) is -2.13. The van der Waals surface area contributed by atoms with Gasteiger partial charge in [0.25, 0.3) is 8.32 Å². The predicted molar refractivity (Wildman–Crippen MR) is 180 cm³/mol. The molecule has 0 bridgehead atoms. The molecule has 0 radical (unpaired) electrons. The fraction of sp³-hybridized carbons (Fsp3) is 0.342. The van der Waals surface area contributed by atoms with E-state index in [1.807, 2.05) is 121 Å². The molecule has 0 saturated carbocycles. The molecule has 0 aromatic heterocycles. The van der Waals surface area contributed by atoms with E-state index in [-0.39, 0.29) is 13.2 Å². The third-order valence-corrected chi connectivity index (χ3v) is 14.0. The SMILES string of the molecule is CC(C)(C)[Si](O[C@@H]1O[C@@H]2COC(c3ccccc3)O[C@H]2[C@H](OCc2ccccc2)[C@H]1NC(=O)C(F)(F)F)(c1ccccc1)c1ccccc1. The van der Waals surface area contributed by atoms with Gasteiger partial charge in [0.1, 0.15) is 24.4 Å². The maximum atomic E-state index is 14.0. The number of rotatable bonds is 9. The third kappa shape index (κ3) is 7.52. The van der Waals surface area contributed by atoms with Crippen LogP contribution in [-0.4, -0.2) is 57.7 Å². The Morgan fingerprint density at radius 3 is 1.86 bits per heavy atom. The number of nitrogens with one attached hydrogen (secondary N) is 1. The van der Waals surface area contributed by atoms with Gasteiger partial charge in [-0.25, -0.2) is 0 Å². The average Bonchev–Trinajstić information content (AvgIpc) is 3.10. The Morgan fingerprint density at radius 1 is 0.796 bits per heavy atom. The first-order valence-electron chi connectivity index (χ1n) is 16.3. The van der Waals surface area contributed by atoms with Gasteiger partial charge in [-0.2, -0.15) is 13.2 Å². The molecule has 7 nitrogen and oxygen atoms in total. The summed E-state index contributed by atoms with van der Waals surface area (Å²) in [5.41, 5.74) is 1.52. The molecule has 4 aromatic rings. The Kier molecular flexibility index (Phi) is 10.4. The van der Waals surface area contributed by atoms with Crippen LogP contribution in [0.25, 0.3) is 0 Å². The first kappa shape index (κ1) is 35.0. The van der Waals surface area contributed by atoms with Crippen LogP contribution in [-0.2, 0) is 34.8 Å². The molecule has 2 heterocycles. The Hall–Kier alpha value is -3.84. The van der Waals surface area contributed by atoms with Crippen molar-refractivity contribution in [2.75, 3.05) is 6.61 Å². The number of ether oxygens (including phenoxy) is 4. The van der Waals surface area contributed by atoms with Gasteiger partial charge in [-0.15, -0.1) is 0 Å². The van der Waals surface area contributed by atoms with Crippen LogP contribution in [0.3, 0.4) is 0 Å². The third-order valence-electron chi connectivity index (χ3n) is 8.96. The standard InChI is InChI=1S/C38H40F3NO6Si/c1-37(2,3)49(28-20-12-6-13-21-28,29-22-14-7-15-23-29)48-35-31(42-36(43)38(39,40)41)33(44-24-26-16-8-4-9-17-26)32-30(46-35)25-45-34(47-32)27-18-10-5-11-19-27/h4-23,30-35H,24-25H2,1-3H3,(H,42,43)/t30-,31-,32-,33-,34?,35+/m1/s1. The molecule has 1 unspecified atom stereocenters. The highest BCUT2D eigenvalue weighted by atomic mass is 28.4. The van der Waals surface area contributed by atoms with E-state index in [9.17, 15) is 18.0 Å². The van der Waals surface area contributed by atoms with Crippen LogP contribution in [0.5, 0.6) is 0 Å². The lowest BCUT2D eigenvalue weighted by molar-refractivity contribution is -0.341. The summed E-state index contributed by atoms with van der Waals surface area (Å²) in [6.07, 6.45) is -10.2. The van der Waals surface area contributed by atoms with Crippen molar-refractivity contribution in [2.24, 2.45) is 0 Å². The minimum Gasteiger partial charge on any atom is -0.381 e. The van der Waals surface area contributed by atoms with Gasteiger partial charge in [0.2, 0.25) is 0 Å². The van der Waals surface area contributed by atoms with Crippen LogP contribution in [0.2, 0.25) is 5.04 Å². The summed E-state index contributed by atoms with van der Waals surface area (Å²) in [6, 6.07) is 36.4. The lowest BCUT2D eigenvalue weighted by Gasteiger charge is -2.53. The number of carbonyl (C=O) groups is 1. The summed E-state index contributed by atoms with van der Waals surface area (Å²) in [5, 5.41) is 3.46. The Bertz CT molecular complexity index is 1620. The van der Waals surface area contributed by atoms with Gasteiger partial charge < -0.3 is 28.7 Å². The number of hydrogen-bond acceptors (Lipinski definition) is 6. The van der Waals surface area contributed by atoms with Crippen molar-refractivity contribution >= 4 is 24.6 Å². The molecular formula is C38H40F3NO6Si. The van der Waals surface area contributed by atoms with Crippen molar-refractivity contribution in [1.82, 2.24) is 5.32 Å². The number of fused-ring (bicyclic) bond motifs is 1. The van der Waals surface area contributed by atoms with E-state index in [0.29, 0.717) is 0 Å². The van der Waals surface area contributed by atoms with E-state index in [1.165, 1.54) is 0 Å².